The maximum absolute atomic E-state index is 12.5. The number of carbonyl (C=O) groups excluding carboxylic acids is 1. The van der Waals surface area contributed by atoms with Crippen molar-refractivity contribution in [2.75, 3.05) is 26.3 Å². The van der Waals surface area contributed by atoms with Gasteiger partial charge in [-0.25, -0.2) is 9.97 Å². The average Bonchev–Trinajstić information content (AvgIpc) is 3.12. The molecule has 1 aliphatic rings. The standard InChI is InChI=1S/C18H23N3O3/c1-2-9-21(11-14-6-5-10-23-14)17(22)12-24-18-15-7-3-4-8-16(15)19-13-20-18/h3-4,7-8,13-14H,2,5-6,9-12H2,1H3. The number of amides is 1. The molecule has 2 aromatic rings. The molecule has 0 radical (unpaired) electrons. The highest BCUT2D eigenvalue weighted by Crippen LogP contribution is 2.20. The molecule has 1 unspecified atom stereocenters. The number of fused-ring (bicyclic) bond motifs is 1. The first-order valence-corrected chi connectivity index (χ1v) is 8.50. The topological polar surface area (TPSA) is 64.5 Å². The van der Waals surface area contributed by atoms with Crippen molar-refractivity contribution < 1.29 is 14.3 Å². The van der Waals surface area contributed by atoms with Crippen LogP contribution < -0.4 is 4.74 Å². The third-order valence-corrected chi connectivity index (χ3v) is 4.13. The van der Waals surface area contributed by atoms with Crippen LogP contribution in [-0.4, -0.2) is 53.2 Å². The number of hydrogen-bond donors (Lipinski definition) is 0. The molecule has 0 saturated carbocycles. The number of ether oxygens (including phenoxy) is 2. The summed E-state index contributed by atoms with van der Waals surface area (Å²) in [6.45, 7) is 4.19. The lowest BCUT2D eigenvalue weighted by molar-refractivity contribution is -0.135. The smallest absolute Gasteiger partial charge is 0.260 e. The van der Waals surface area contributed by atoms with Gasteiger partial charge in [-0.2, -0.15) is 0 Å². The first kappa shape index (κ1) is 16.6. The molecule has 1 fully saturated rings. The molecular weight excluding hydrogens is 306 g/mol. The molecule has 0 spiro atoms. The van der Waals surface area contributed by atoms with Crippen molar-refractivity contribution in [1.82, 2.24) is 14.9 Å². The molecule has 6 heteroatoms. The van der Waals surface area contributed by atoms with E-state index >= 15 is 0 Å². The number of carbonyl (C=O) groups is 1. The average molecular weight is 329 g/mol. The SMILES string of the molecule is CCCN(CC1CCCO1)C(=O)COc1ncnc2ccccc12. The van der Waals surface area contributed by atoms with E-state index in [1.54, 1.807) is 0 Å². The Kier molecular flexibility index (Phi) is 5.59. The molecule has 24 heavy (non-hydrogen) atoms. The van der Waals surface area contributed by atoms with Crippen molar-refractivity contribution in [1.29, 1.82) is 0 Å². The second-order valence-electron chi connectivity index (χ2n) is 5.96. The molecule has 0 aliphatic carbocycles. The lowest BCUT2D eigenvalue weighted by Crippen LogP contribution is -2.40. The molecule has 1 saturated heterocycles. The van der Waals surface area contributed by atoms with Gasteiger partial charge < -0.3 is 14.4 Å². The molecule has 1 amide bonds. The molecule has 2 heterocycles. The minimum absolute atomic E-state index is 0.0201. The van der Waals surface area contributed by atoms with E-state index in [0.717, 1.165) is 36.8 Å². The van der Waals surface area contributed by atoms with Crippen molar-refractivity contribution in [3.63, 3.8) is 0 Å². The Labute approximate surface area is 141 Å². The minimum atomic E-state index is -0.0324. The summed E-state index contributed by atoms with van der Waals surface area (Å²) in [5.74, 6) is 0.414. The van der Waals surface area contributed by atoms with Crippen LogP contribution in [0.4, 0.5) is 0 Å². The van der Waals surface area contributed by atoms with E-state index in [9.17, 15) is 4.79 Å². The van der Waals surface area contributed by atoms with Crippen molar-refractivity contribution in [2.24, 2.45) is 0 Å². The van der Waals surface area contributed by atoms with Gasteiger partial charge in [-0.05, 0) is 31.4 Å². The largest absolute Gasteiger partial charge is 0.467 e. The summed E-state index contributed by atoms with van der Waals surface area (Å²) < 4.78 is 11.3. The summed E-state index contributed by atoms with van der Waals surface area (Å²) in [6, 6.07) is 7.61. The Morgan fingerprint density at radius 3 is 3.04 bits per heavy atom. The Morgan fingerprint density at radius 2 is 2.25 bits per heavy atom. The Morgan fingerprint density at radius 1 is 1.38 bits per heavy atom. The zero-order valence-corrected chi connectivity index (χ0v) is 14.0. The summed E-state index contributed by atoms with van der Waals surface area (Å²) in [5, 5.41) is 0.814. The van der Waals surface area contributed by atoms with Crippen LogP contribution in [0.1, 0.15) is 26.2 Å². The van der Waals surface area contributed by atoms with E-state index in [4.69, 9.17) is 9.47 Å². The first-order chi connectivity index (χ1) is 11.8. The predicted molar refractivity (Wildman–Crippen MR) is 90.9 cm³/mol. The molecule has 0 N–H and O–H groups in total. The van der Waals surface area contributed by atoms with Crippen molar-refractivity contribution in [3.8, 4) is 5.88 Å². The lowest BCUT2D eigenvalue weighted by atomic mass is 10.2. The van der Waals surface area contributed by atoms with Gasteiger partial charge in [0.15, 0.2) is 6.61 Å². The molecule has 0 bridgehead atoms. The second-order valence-corrected chi connectivity index (χ2v) is 5.96. The van der Waals surface area contributed by atoms with Crippen LogP contribution >= 0.6 is 0 Å². The van der Waals surface area contributed by atoms with E-state index in [2.05, 4.69) is 16.9 Å². The van der Waals surface area contributed by atoms with Gasteiger partial charge in [0.1, 0.15) is 6.33 Å². The predicted octanol–water partition coefficient (Wildman–Crippen LogP) is 2.43. The Bertz CT molecular complexity index is 681. The fourth-order valence-corrected chi connectivity index (χ4v) is 2.94. The summed E-state index contributed by atoms with van der Waals surface area (Å²) in [5.41, 5.74) is 0.805. The molecule has 6 nitrogen and oxygen atoms in total. The molecular formula is C18H23N3O3. The van der Waals surface area contributed by atoms with Crippen LogP contribution in [0, 0.1) is 0 Å². The number of para-hydroxylation sites is 1. The maximum Gasteiger partial charge on any atom is 0.260 e. The van der Waals surface area contributed by atoms with Crippen molar-refractivity contribution >= 4 is 16.8 Å². The van der Waals surface area contributed by atoms with E-state index < -0.39 is 0 Å². The van der Waals surface area contributed by atoms with Gasteiger partial charge in [0, 0.05) is 19.7 Å². The maximum atomic E-state index is 12.5. The Hall–Kier alpha value is -2.21. The zero-order chi connectivity index (χ0) is 16.8. The molecule has 128 valence electrons. The molecule has 3 rings (SSSR count). The molecule has 1 aromatic heterocycles. The van der Waals surface area contributed by atoms with Crippen molar-refractivity contribution in [3.05, 3.63) is 30.6 Å². The first-order valence-electron chi connectivity index (χ1n) is 8.50. The summed E-state index contributed by atoms with van der Waals surface area (Å²) in [4.78, 5) is 22.7. The van der Waals surface area contributed by atoms with E-state index in [0.29, 0.717) is 19.0 Å². The highest BCUT2D eigenvalue weighted by Gasteiger charge is 2.22. The van der Waals surface area contributed by atoms with Crippen LogP contribution in [-0.2, 0) is 9.53 Å². The lowest BCUT2D eigenvalue weighted by Gasteiger charge is -2.25. The van der Waals surface area contributed by atoms with Gasteiger partial charge >= 0.3 is 0 Å². The number of aromatic nitrogens is 2. The quantitative estimate of drug-likeness (QED) is 0.780. The van der Waals surface area contributed by atoms with Crippen LogP contribution in [0.2, 0.25) is 0 Å². The van der Waals surface area contributed by atoms with Crippen LogP contribution in [0.25, 0.3) is 10.9 Å². The highest BCUT2D eigenvalue weighted by atomic mass is 16.5. The highest BCUT2D eigenvalue weighted by molar-refractivity contribution is 5.84. The minimum Gasteiger partial charge on any atom is -0.467 e. The normalized spacial score (nSPS) is 17.1. The second kappa shape index (κ2) is 8.06. The van der Waals surface area contributed by atoms with Gasteiger partial charge in [-0.3, -0.25) is 4.79 Å². The van der Waals surface area contributed by atoms with Gasteiger partial charge in [-0.15, -0.1) is 0 Å². The number of hydrogen-bond acceptors (Lipinski definition) is 5. The van der Waals surface area contributed by atoms with Gasteiger partial charge in [0.25, 0.3) is 5.91 Å². The van der Waals surface area contributed by atoms with Crippen LogP contribution in [0.3, 0.4) is 0 Å². The third kappa shape index (κ3) is 4.00. The van der Waals surface area contributed by atoms with Gasteiger partial charge in [0.05, 0.1) is 17.0 Å². The van der Waals surface area contributed by atoms with Gasteiger partial charge in [0.2, 0.25) is 5.88 Å². The number of rotatable bonds is 7. The summed E-state index contributed by atoms with van der Waals surface area (Å²) >= 11 is 0. The zero-order valence-electron chi connectivity index (χ0n) is 14.0. The number of nitrogens with zero attached hydrogens (tertiary/aromatic N) is 3. The fraction of sp³-hybridized carbons (Fsp3) is 0.500. The van der Waals surface area contributed by atoms with Crippen LogP contribution in [0.5, 0.6) is 5.88 Å². The summed E-state index contributed by atoms with van der Waals surface area (Å²) in [7, 11) is 0. The van der Waals surface area contributed by atoms with Crippen molar-refractivity contribution in [2.45, 2.75) is 32.3 Å². The third-order valence-electron chi connectivity index (χ3n) is 4.13. The molecule has 1 aromatic carbocycles. The molecule has 1 aliphatic heterocycles. The summed E-state index contributed by atoms with van der Waals surface area (Å²) in [6.07, 6.45) is 4.61. The Balaban J connectivity index is 1.63. The van der Waals surface area contributed by atoms with E-state index in [1.807, 2.05) is 29.2 Å². The van der Waals surface area contributed by atoms with E-state index in [-0.39, 0.29) is 18.6 Å². The molecule has 1 atom stereocenters. The van der Waals surface area contributed by atoms with Crippen LogP contribution in [0.15, 0.2) is 30.6 Å². The van der Waals surface area contributed by atoms with Gasteiger partial charge in [-0.1, -0.05) is 19.1 Å². The monoisotopic (exact) mass is 329 g/mol. The fourth-order valence-electron chi connectivity index (χ4n) is 2.94. The van der Waals surface area contributed by atoms with E-state index in [1.165, 1.54) is 6.33 Å². The number of benzene rings is 1.